The molecule has 1 atom stereocenters. The summed E-state index contributed by atoms with van der Waals surface area (Å²) >= 11 is 0. The van der Waals surface area contributed by atoms with Gasteiger partial charge in [-0.25, -0.2) is 0 Å². The topological polar surface area (TPSA) is 49.0 Å². The van der Waals surface area contributed by atoms with Gasteiger partial charge in [0.25, 0.3) is 0 Å². The van der Waals surface area contributed by atoms with Crippen molar-refractivity contribution in [2.24, 2.45) is 5.92 Å². The molecule has 4 nitrogen and oxygen atoms in total. The van der Waals surface area contributed by atoms with Crippen molar-refractivity contribution in [3.8, 4) is 0 Å². The maximum atomic E-state index is 12.6. The maximum Gasteiger partial charge on any atom is 0.435 e. The fourth-order valence-electron chi connectivity index (χ4n) is 3.20. The van der Waals surface area contributed by atoms with Crippen LogP contribution in [-0.4, -0.2) is 34.1 Å². The first-order chi connectivity index (χ1) is 10.4. The number of nitrogens with zero attached hydrogens (tertiary/aromatic N) is 2. The van der Waals surface area contributed by atoms with Crippen LogP contribution in [-0.2, 0) is 11.0 Å². The van der Waals surface area contributed by atoms with E-state index >= 15 is 0 Å². The van der Waals surface area contributed by atoms with Crippen LogP contribution in [0.1, 0.15) is 43.0 Å². The monoisotopic (exact) mass is 313 g/mol. The summed E-state index contributed by atoms with van der Waals surface area (Å²) in [6.45, 7) is 1.15. The molecule has 0 spiro atoms. The number of allylic oxidation sites excluding steroid dienone is 2. The predicted octanol–water partition coefficient (Wildman–Crippen LogP) is 3.10. The van der Waals surface area contributed by atoms with Gasteiger partial charge in [-0.3, -0.25) is 9.89 Å². The lowest BCUT2D eigenvalue weighted by Gasteiger charge is -2.33. The van der Waals surface area contributed by atoms with Gasteiger partial charge in [0.1, 0.15) is 0 Å². The first-order valence-electron chi connectivity index (χ1n) is 7.51. The van der Waals surface area contributed by atoms with Crippen LogP contribution in [0.15, 0.2) is 18.2 Å². The Kier molecular flexibility index (Phi) is 3.97. The second kappa shape index (κ2) is 5.78. The minimum absolute atomic E-state index is 0.00579. The molecular weight excluding hydrogens is 295 g/mol. The van der Waals surface area contributed by atoms with Gasteiger partial charge in [0.2, 0.25) is 5.91 Å². The molecule has 0 aromatic carbocycles. The molecule has 22 heavy (non-hydrogen) atoms. The lowest BCUT2D eigenvalue weighted by atomic mass is 9.93. The Morgan fingerprint density at radius 2 is 2.05 bits per heavy atom. The van der Waals surface area contributed by atoms with E-state index in [4.69, 9.17) is 0 Å². The number of hydrogen-bond acceptors (Lipinski definition) is 2. The van der Waals surface area contributed by atoms with E-state index in [0.29, 0.717) is 18.8 Å². The standard InChI is InChI=1S/C15H18F3N3O/c16-15(17,18)13-8-12(19-20-13)11-6-3-7-21(9-11)14(22)10-4-1-2-5-10/h1-2,8,10-11H,3-7,9H2,(H,19,20)/t11-/m1/s1. The van der Waals surface area contributed by atoms with Crippen molar-refractivity contribution < 1.29 is 18.0 Å². The van der Waals surface area contributed by atoms with Crippen LogP contribution in [0.4, 0.5) is 13.2 Å². The highest BCUT2D eigenvalue weighted by atomic mass is 19.4. The third-order valence-corrected chi connectivity index (χ3v) is 4.42. The predicted molar refractivity (Wildman–Crippen MR) is 74.0 cm³/mol. The fourth-order valence-corrected chi connectivity index (χ4v) is 3.20. The number of carbonyl (C=O) groups is 1. The molecule has 2 heterocycles. The smallest absolute Gasteiger partial charge is 0.342 e. The molecule has 1 aliphatic heterocycles. The van der Waals surface area contributed by atoms with Crippen molar-refractivity contribution in [3.63, 3.8) is 0 Å². The van der Waals surface area contributed by atoms with Gasteiger partial charge >= 0.3 is 6.18 Å². The summed E-state index contributed by atoms with van der Waals surface area (Å²) in [5.41, 5.74) is -0.430. The highest BCUT2D eigenvalue weighted by Gasteiger charge is 2.36. The highest BCUT2D eigenvalue weighted by Crippen LogP contribution is 2.33. The van der Waals surface area contributed by atoms with Gasteiger partial charge in [-0.2, -0.15) is 18.3 Å². The summed E-state index contributed by atoms with van der Waals surface area (Å²) in [5, 5.41) is 5.84. The van der Waals surface area contributed by atoms with Crippen molar-refractivity contribution in [3.05, 3.63) is 29.6 Å². The first kappa shape index (κ1) is 15.1. The molecule has 1 fully saturated rings. The van der Waals surface area contributed by atoms with Crippen molar-refractivity contribution in [1.29, 1.82) is 0 Å². The van der Waals surface area contributed by atoms with Crippen molar-refractivity contribution >= 4 is 5.91 Å². The van der Waals surface area contributed by atoms with E-state index < -0.39 is 11.9 Å². The number of amides is 1. The highest BCUT2D eigenvalue weighted by molar-refractivity contribution is 5.79. The minimum atomic E-state index is -4.44. The largest absolute Gasteiger partial charge is 0.435 e. The number of piperidine rings is 1. The lowest BCUT2D eigenvalue weighted by molar-refractivity contribution is -0.141. The second-order valence-electron chi connectivity index (χ2n) is 5.97. The average Bonchev–Trinajstić information content (AvgIpc) is 3.17. The summed E-state index contributed by atoms with van der Waals surface area (Å²) in [7, 11) is 0. The van der Waals surface area contributed by atoms with Gasteiger partial charge in [-0.1, -0.05) is 12.2 Å². The van der Waals surface area contributed by atoms with E-state index in [1.165, 1.54) is 0 Å². The van der Waals surface area contributed by atoms with Gasteiger partial charge < -0.3 is 4.90 Å². The quantitative estimate of drug-likeness (QED) is 0.853. The number of carbonyl (C=O) groups excluding carboxylic acids is 1. The number of halogens is 3. The molecule has 1 aromatic heterocycles. The summed E-state index contributed by atoms with van der Waals surface area (Å²) in [6.07, 6.45) is 2.69. The van der Waals surface area contributed by atoms with Gasteiger partial charge in [0.05, 0.1) is 0 Å². The number of rotatable bonds is 2. The summed E-state index contributed by atoms with van der Waals surface area (Å²) in [6, 6.07) is 1.07. The summed E-state index contributed by atoms with van der Waals surface area (Å²) in [5.74, 6) is 0.0205. The van der Waals surface area contributed by atoms with Gasteiger partial charge in [0.15, 0.2) is 5.69 Å². The number of nitrogens with one attached hydrogen (secondary N) is 1. The summed E-state index contributed by atoms with van der Waals surface area (Å²) in [4.78, 5) is 14.2. The Hall–Kier alpha value is -1.79. The average molecular weight is 313 g/mol. The Balaban J connectivity index is 1.67. The molecule has 1 aliphatic carbocycles. The molecule has 0 saturated carbocycles. The third-order valence-electron chi connectivity index (χ3n) is 4.42. The zero-order valence-corrected chi connectivity index (χ0v) is 12.1. The van der Waals surface area contributed by atoms with Crippen LogP contribution >= 0.6 is 0 Å². The minimum Gasteiger partial charge on any atom is -0.342 e. The molecule has 1 aromatic rings. The molecule has 2 aliphatic rings. The molecule has 0 radical (unpaired) electrons. The molecular formula is C15H18F3N3O. The molecule has 1 N–H and O–H groups in total. The van der Waals surface area contributed by atoms with Crippen LogP contribution in [0, 0.1) is 5.92 Å². The van der Waals surface area contributed by atoms with Crippen molar-refractivity contribution in [1.82, 2.24) is 15.1 Å². The Labute approximate surface area is 126 Å². The molecule has 0 bridgehead atoms. The summed E-state index contributed by atoms with van der Waals surface area (Å²) < 4.78 is 37.9. The van der Waals surface area contributed by atoms with Gasteiger partial charge in [-0.15, -0.1) is 0 Å². The Morgan fingerprint density at radius 3 is 2.68 bits per heavy atom. The zero-order chi connectivity index (χ0) is 15.7. The van der Waals surface area contributed by atoms with Gasteiger partial charge in [0, 0.05) is 30.6 Å². The van der Waals surface area contributed by atoms with Crippen LogP contribution < -0.4 is 0 Å². The number of aromatic nitrogens is 2. The van der Waals surface area contributed by atoms with Crippen molar-refractivity contribution in [2.45, 2.75) is 37.8 Å². The third kappa shape index (κ3) is 3.03. The SMILES string of the molecule is O=C(C1CC=CC1)N1CCC[C@@H](c2cc(C(F)(F)F)n[nH]2)C1. The number of alkyl halides is 3. The van der Waals surface area contributed by atoms with E-state index in [2.05, 4.69) is 10.2 Å². The van der Waals surface area contributed by atoms with Crippen LogP contribution in [0.25, 0.3) is 0 Å². The molecule has 3 rings (SSSR count). The molecule has 1 amide bonds. The van der Waals surface area contributed by atoms with E-state index in [0.717, 1.165) is 31.7 Å². The van der Waals surface area contributed by atoms with E-state index in [-0.39, 0.29) is 17.7 Å². The molecule has 7 heteroatoms. The van der Waals surface area contributed by atoms with Crippen molar-refractivity contribution in [2.75, 3.05) is 13.1 Å². The number of likely N-dealkylation sites (tertiary alicyclic amines) is 1. The molecule has 0 unspecified atom stereocenters. The van der Waals surface area contributed by atoms with E-state index in [1.807, 2.05) is 12.2 Å². The number of hydrogen-bond donors (Lipinski definition) is 1. The first-order valence-corrected chi connectivity index (χ1v) is 7.51. The lowest BCUT2D eigenvalue weighted by Crippen LogP contribution is -2.42. The van der Waals surface area contributed by atoms with Gasteiger partial charge in [-0.05, 0) is 31.7 Å². The van der Waals surface area contributed by atoms with Crippen LogP contribution in [0.3, 0.4) is 0 Å². The van der Waals surface area contributed by atoms with E-state index in [9.17, 15) is 18.0 Å². The Bertz CT molecular complexity index is 571. The Morgan fingerprint density at radius 1 is 1.32 bits per heavy atom. The maximum absolute atomic E-state index is 12.6. The van der Waals surface area contributed by atoms with Crippen LogP contribution in [0.2, 0.25) is 0 Å². The molecule has 120 valence electrons. The normalized spacial score (nSPS) is 23.2. The number of H-pyrrole nitrogens is 1. The van der Waals surface area contributed by atoms with E-state index in [1.54, 1.807) is 4.90 Å². The zero-order valence-electron chi connectivity index (χ0n) is 12.1. The number of aromatic amines is 1. The fraction of sp³-hybridized carbons (Fsp3) is 0.600. The molecule has 1 saturated heterocycles. The van der Waals surface area contributed by atoms with Crippen LogP contribution in [0.5, 0.6) is 0 Å². The second-order valence-corrected chi connectivity index (χ2v) is 5.97.